The van der Waals surface area contributed by atoms with Gasteiger partial charge in [0.15, 0.2) is 0 Å². The maximum absolute atomic E-state index is 11.6. The summed E-state index contributed by atoms with van der Waals surface area (Å²) in [4.78, 5) is 11.6. The number of rotatable bonds is 6. The largest absolute Gasteiger partial charge is 0.494 e. The van der Waals surface area contributed by atoms with Crippen LogP contribution in [0.2, 0.25) is 0 Å². The van der Waals surface area contributed by atoms with Gasteiger partial charge in [-0.25, -0.2) is 4.68 Å². The number of amides is 1. The molecule has 146 valence electrons. The Balaban J connectivity index is 1.81. The molecule has 2 aromatic rings. The van der Waals surface area contributed by atoms with E-state index in [0.717, 1.165) is 36.3 Å². The fraction of sp³-hybridized carbons (Fsp3) is 0.524. The zero-order chi connectivity index (χ0) is 19.4. The lowest BCUT2D eigenvalue weighted by Crippen LogP contribution is -2.42. The van der Waals surface area contributed by atoms with E-state index in [9.17, 15) is 4.79 Å². The van der Waals surface area contributed by atoms with Gasteiger partial charge in [-0.15, -0.1) is 0 Å². The Kier molecular flexibility index (Phi) is 6.16. The van der Waals surface area contributed by atoms with E-state index in [2.05, 4.69) is 24.3 Å². The Morgan fingerprint density at radius 2 is 2.15 bits per heavy atom. The molecular weight excluding hydrogens is 342 g/mol. The second-order valence-electron chi connectivity index (χ2n) is 7.64. The predicted molar refractivity (Wildman–Crippen MR) is 104 cm³/mol. The van der Waals surface area contributed by atoms with Crippen LogP contribution in [0, 0.1) is 5.92 Å². The van der Waals surface area contributed by atoms with E-state index in [1.165, 1.54) is 0 Å². The molecule has 1 N–H and O–H groups in total. The minimum atomic E-state index is -0.0807. The van der Waals surface area contributed by atoms with Gasteiger partial charge in [-0.3, -0.25) is 4.79 Å². The number of hydrogen-bond acceptors (Lipinski definition) is 4. The first kappa shape index (κ1) is 19.4. The topological polar surface area (TPSA) is 65.4 Å². The molecule has 1 fully saturated rings. The van der Waals surface area contributed by atoms with E-state index in [4.69, 9.17) is 9.47 Å². The lowest BCUT2D eigenvalue weighted by molar-refractivity contribution is -0.122. The van der Waals surface area contributed by atoms with E-state index in [1.807, 2.05) is 41.3 Å². The molecule has 0 unspecified atom stereocenters. The smallest absolute Gasteiger partial charge is 0.217 e. The molecule has 2 heterocycles. The minimum Gasteiger partial charge on any atom is -0.494 e. The summed E-state index contributed by atoms with van der Waals surface area (Å²) < 4.78 is 13.6. The highest BCUT2D eigenvalue weighted by Gasteiger charge is 2.32. The Bertz CT molecular complexity index is 772. The normalized spacial score (nSPS) is 22.6. The number of para-hydroxylation sites is 2. The number of aromatic nitrogens is 2. The van der Waals surface area contributed by atoms with Gasteiger partial charge in [-0.1, -0.05) is 26.0 Å². The average molecular weight is 371 g/mol. The quantitative estimate of drug-likeness (QED) is 0.842. The maximum atomic E-state index is 11.6. The number of carbonyl (C=O) groups is 1. The van der Waals surface area contributed by atoms with Crippen molar-refractivity contribution in [2.45, 2.75) is 58.3 Å². The molecule has 1 saturated heterocycles. The molecule has 3 atom stereocenters. The fourth-order valence-electron chi connectivity index (χ4n) is 3.77. The van der Waals surface area contributed by atoms with Gasteiger partial charge in [0, 0.05) is 24.7 Å². The van der Waals surface area contributed by atoms with Gasteiger partial charge in [0.2, 0.25) is 5.91 Å². The fourth-order valence-corrected chi connectivity index (χ4v) is 3.77. The highest BCUT2D eigenvalue weighted by Crippen LogP contribution is 2.34. The highest BCUT2D eigenvalue weighted by atomic mass is 16.5. The van der Waals surface area contributed by atoms with Crippen LogP contribution in [0.5, 0.6) is 5.75 Å². The number of nitrogens with one attached hydrogen (secondary N) is 1. The van der Waals surface area contributed by atoms with Gasteiger partial charge in [0.1, 0.15) is 11.4 Å². The predicted octanol–water partition coefficient (Wildman–Crippen LogP) is 3.65. The summed E-state index contributed by atoms with van der Waals surface area (Å²) in [6.07, 6.45) is 6.48. The zero-order valence-electron chi connectivity index (χ0n) is 16.5. The van der Waals surface area contributed by atoms with E-state index in [-0.39, 0.29) is 24.2 Å². The number of nitrogens with zero attached hydrogens (tertiary/aromatic N) is 2. The van der Waals surface area contributed by atoms with Gasteiger partial charge in [0.05, 0.1) is 25.5 Å². The van der Waals surface area contributed by atoms with Crippen molar-refractivity contribution < 1.29 is 14.3 Å². The molecule has 0 spiro atoms. The molecule has 3 rings (SSSR count). The number of ether oxygens (including phenoxy) is 2. The number of methoxy groups -OCH3 is 1. The van der Waals surface area contributed by atoms with Crippen LogP contribution in [0.1, 0.15) is 51.7 Å². The summed E-state index contributed by atoms with van der Waals surface area (Å²) in [6, 6.07) is 7.91. The first-order chi connectivity index (χ1) is 13.0. The second kappa shape index (κ2) is 8.57. The standard InChI is InChI=1S/C21H29N3O3/c1-14(2)9-18-10-17(23-15(3)25)11-21(27-18)16-12-22-24(13-16)19-7-5-6-8-20(19)26-4/h5-8,12-14,17-18,21H,9-11H2,1-4H3,(H,23,25)/t17-,18+,21+/m1/s1. The van der Waals surface area contributed by atoms with Crippen molar-refractivity contribution in [3.05, 3.63) is 42.2 Å². The molecule has 1 amide bonds. The summed E-state index contributed by atoms with van der Waals surface area (Å²) in [5, 5.41) is 7.59. The van der Waals surface area contributed by atoms with Crippen LogP contribution >= 0.6 is 0 Å². The zero-order valence-corrected chi connectivity index (χ0v) is 16.5. The van der Waals surface area contributed by atoms with Gasteiger partial charge < -0.3 is 14.8 Å². The maximum Gasteiger partial charge on any atom is 0.217 e. The molecule has 0 aliphatic carbocycles. The van der Waals surface area contributed by atoms with Crippen molar-refractivity contribution in [3.63, 3.8) is 0 Å². The molecule has 1 aromatic heterocycles. The third-order valence-electron chi connectivity index (χ3n) is 4.85. The van der Waals surface area contributed by atoms with Crippen LogP contribution in [-0.4, -0.2) is 34.9 Å². The number of benzene rings is 1. The lowest BCUT2D eigenvalue weighted by Gasteiger charge is -2.36. The Morgan fingerprint density at radius 1 is 1.37 bits per heavy atom. The van der Waals surface area contributed by atoms with Crippen LogP contribution in [0.3, 0.4) is 0 Å². The van der Waals surface area contributed by atoms with E-state index >= 15 is 0 Å². The van der Waals surface area contributed by atoms with E-state index in [1.54, 1.807) is 14.0 Å². The first-order valence-electron chi connectivity index (χ1n) is 9.56. The van der Waals surface area contributed by atoms with E-state index < -0.39 is 0 Å². The van der Waals surface area contributed by atoms with Crippen LogP contribution in [0.15, 0.2) is 36.7 Å². The summed E-state index contributed by atoms with van der Waals surface area (Å²) in [5.74, 6) is 1.32. The molecule has 1 aliphatic rings. The van der Waals surface area contributed by atoms with Crippen molar-refractivity contribution in [3.8, 4) is 11.4 Å². The third kappa shape index (κ3) is 4.89. The summed E-state index contributed by atoms with van der Waals surface area (Å²) in [7, 11) is 1.65. The molecule has 0 radical (unpaired) electrons. The van der Waals surface area contributed by atoms with Crippen molar-refractivity contribution in [1.82, 2.24) is 15.1 Å². The molecule has 27 heavy (non-hydrogen) atoms. The monoisotopic (exact) mass is 371 g/mol. The van der Waals surface area contributed by atoms with Crippen LogP contribution in [0.4, 0.5) is 0 Å². The Labute approximate surface area is 160 Å². The Morgan fingerprint density at radius 3 is 2.85 bits per heavy atom. The van der Waals surface area contributed by atoms with Crippen molar-refractivity contribution >= 4 is 5.91 Å². The molecular formula is C21H29N3O3. The van der Waals surface area contributed by atoms with Crippen molar-refractivity contribution in [2.75, 3.05) is 7.11 Å². The molecule has 0 saturated carbocycles. The van der Waals surface area contributed by atoms with Gasteiger partial charge >= 0.3 is 0 Å². The summed E-state index contributed by atoms with van der Waals surface area (Å²) in [5.41, 5.74) is 1.91. The highest BCUT2D eigenvalue weighted by molar-refractivity contribution is 5.73. The SMILES string of the molecule is COc1ccccc1-n1cc([C@@H]2C[C@H](NC(C)=O)C[C@H](CC(C)C)O2)cn1. The van der Waals surface area contributed by atoms with Crippen LogP contribution in [0.25, 0.3) is 5.69 Å². The number of hydrogen-bond donors (Lipinski definition) is 1. The van der Waals surface area contributed by atoms with Gasteiger partial charge in [-0.2, -0.15) is 5.10 Å². The van der Waals surface area contributed by atoms with Gasteiger partial charge in [0.25, 0.3) is 0 Å². The van der Waals surface area contributed by atoms with Crippen molar-refractivity contribution in [2.24, 2.45) is 5.92 Å². The van der Waals surface area contributed by atoms with Crippen LogP contribution < -0.4 is 10.1 Å². The molecule has 6 nitrogen and oxygen atoms in total. The van der Waals surface area contributed by atoms with E-state index in [0.29, 0.717) is 5.92 Å². The minimum absolute atomic E-state index is 0.00802. The first-order valence-corrected chi connectivity index (χ1v) is 9.56. The Hall–Kier alpha value is -2.34. The summed E-state index contributed by atoms with van der Waals surface area (Å²) >= 11 is 0. The molecule has 0 bridgehead atoms. The second-order valence-corrected chi connectivity index (χ2v) is 7.64. The molecule has 6 heteroatoms. The number of carbonyl (C=O) groups excluding carboxylic acids is 1. The molecule has 1 aromatic carbocycles. The summed E-state index contributed by atoms with van der Waals surface area (Å²) in [6.45, 7) is 5.96. The average Bonchev–Trinajstić information content (AvgIpc) is 3.10. The van der Waals surface area contributed by atoms with Gasteiger partial charge in [-0.05, 0) is 37.3 Å². The van der Waals surface area contributed by atoms with Crippen molar-refractivity contribution in [1.29, 1.82) is 0 Å². The third-order valence-corrected chi connectivity index (χ3v) is 4.85. The van der Waals surface area contributed by atoms with Crippen LogP contribution in [-0.2, 0) is 9.53 Å². The molecule has 1 aliphatic heterocycles. The lowest BCUT2D eigenvalue weighted by atomic mass is 9.91.